The third-order valence-corrected chi connectivity index (χ3v) is 1.80. The van der Waals surface area contributed by atoms with Crippen molar-refractivity contribution in [1.82, 2.24) is 9.97 Å². The minimum Gasteiger partial charge on any atom is -0.472 e. The number of hydrogen-bond acceptors (Lipinski definition) is 3. The molecule has 3 nitrogen and oxygen atoms in total. The molecule has 1 heterocycles. The van der Waals surface area contributed by atoms with Gasteiger partial charge in [-0.25, -0.2) is 4.98 Å². The van der Waals surface area contributed by atoms with Gasteiger partial charge in [-0.1, -0.05) is 26.0 Å². The number of hydrogen-bond donors (Lipinski definition) is 0. The van der Waals surface area contributed by atoms with E-state index in [1.54, 1.807) is 12.4 Å². The molecule has 0 saturated heterocycles. The minimum atomic E-state index is 0.409. The molecular weight excluding hydrogens is 176 g/mol. The molecular formula is C11H16N2O. The summed E-state index contributed by atoms with van der Waals surface area (Å²) in [6.45, 7) is 6.68. The molecule has 0 N–H and O–H groups in total. The highest BCUT2D eigenvalue weighted by Crippen LogP contribution is 2.11. The predicted octanol–water partition coefficient (Wildman–Crippen LogP) is 2.55. The van der Waals surface area contributed by atoms with Crippen LogP contribution in [-0.4, -0.2) is 16.6 Å². The highest BCUT2D eigenvalue weighted by Gasteiger charge is 2.01. The molecule has 0 aliphatic rings. The van der Waals surface area contributed by atoms with Crippen LogP contribution in [0.25, 0.3) is 0 Å². The van der Waals surface area contributed by atoms with Crippen molar-refractivity contribution < 1.29 is 4.74 Å². The van der Waals surface area contributed by atoms with Gasteiger partial charge in [0.2, 0.25) is 5.88 Å². The zero-order valence-electron chi connectivity index (χ0n) is 8.90. The zero-order valence-corrected chi connectivity index (χ0v) is 8.90. The van der Waals surface area contributed by atoms with E-state index in [1.165, 1.54) is 0 Å². The second-order valence-electron chi connectivity index (χ2n) is 3.31. The first-order valence-electron chi connectivity index (χ1n) is 4.80. The van der Waals surface area contributed by atoms with Crippen molar-refractivity contribution >= 4 is 0 Å². The van der Waals surface area contributed by atoms with Crippen molar-refractivity contribution in [3.63, 3.8) is 0 Å². The van der Waals surface area contributed by atoms with Crippen LogP contribution in [0.15, 0.2) is 24.5 Å². The molecule has 0 fully saturated rings. The molecule has 0 spiro atoms. The lowest BCUT2D eigenvalue weighted by Gasteiger charge is -2.05. The minimum absolute atomic E-state index is 0.409. The largest absolute Gasteiger partial charge is 0.472 e. The molecule has 0 bridgehead atoms. The van der Waals surface area contributed by atoms with Crippen molar-refractivity contribution in [3.8, 4) is 5.88 Å². The van der Waals surface area contributed by atoms with Gasteiger partial charge in [0, 0.05) is 0 Å². The molecule has 1 aromatic heterocycles. The van der Waals surface area contributed by atoms with E-state index < -0.39 is 0 Å². The summed E-state index contributed by atoms with van der Waals surface area (Å²) in [4.78, 5) is 8.40. The second kappa shape index (κ2) is 5.37. The molecule has 0 unspecified atom stereocenters. The maximum absolute atomic E-state index is 5.32. The van der Waals surface area contributed by atoms with Gasteiger partial charge in [0.15, 0.2) is 0 Å². The maximum Gasteiger partial charge on any atom is 0.232 e. The van der Waals surface area contributed by atoms with E-state index in [1.807, 2.05) is 19.1 Å². The summed E-state index contributed by atoms with van der Waals surface area (Å²) in [6, 6.07) is 0. The lowest BCUT2D eigenvalue weighted by atomic mass is 10.1. The molecule has 0 aromatic carbocycles. The lowest BCUT2D eigenvalue weighted by Crippen LogP contribution is -1.99. The van der Waals surface area contributed by atoms with Crippen LogP contribution in [-0.2, 0) is 0 Å². The Labute approximate surface area is 84.8 Å². The zero-order chi connectivity index (χ0) is 10.4. The number of allylic oxidation sites excluding steroid dienone is 1. The molecule has 0 radical (unpaired) electrons. The Bertz CT molecular complexity index is 291. The van der Waals surface area contributed by atoms with E-state index in [0.29, 0.717) is 18.4 Å². The molecule has 3 heteroatoms. The maximum atomic E-state index is 5.32. The van der Waals surface area contributed by atoms with Crippen LogP contribution in [0, 0.1) is 0 Å². The third kappa shape index (κ3) is 3.17. The van der Waals surface area contributed by atoms with Crippen LogP contribution in [0.4, 0.5) is 0 Å². The highest BCUT2D eigenvalue weighted by atomic mass is 16.5. The Morgan fingerprint density at radius 3 is 2.64 bits per heavy atom. The monoisotopic (exact) mass is 192 g/mol. The molecule has 0 aliphatic heterocycles. The highest BCUT2D eigenvalue weighted by molar-refractivity contribution is 5.09. The second-order valence-corrected chi connectivity index (χ2v) is 3.31. The van der Waals surface area contributed by atoms with Crippen LogP contribution >= 0.6 is 0 Å². The molecule has 0 saturated carbocycles. The number of nitrogens with zero attached hydrogens (tertiary/aromatic N) is 2. The summed E-state index contributed by atoms with van der Waals surface area (Å²) in [6.07, 6.45) is 7.29. The number of ether oxygens (including phenoxy) is 1. The van der Waals surface area contributed by atoms with E-state index in [2.05, 4.69) is 23.8 Å². The molecule has 0 amide bonds. The smallest absolute Gasteiger partial charge is 0.232 e. The first-order chi connectivity index (χ1) is 6.74. The first kappa shape index (κ1) is 10.7. The molecule has 0 aliphatic carbocycles. The number of rotatable bonds is 4. The van der Waals surface area contributed by atoms with E-state index in [9.17, 15) is 0 Å². The van der Waals surface area contributed by atoms with Gasteiger partial charge in [-0.05, 0) is 12.8 Å². The summed E-state index contributed by atoms with van der Waals surface area (Å²) in [5, 5.41) is 0. The standard InChI is InChI=1S/C11H16N2O/c1-4-5-6-14-11-8-12-10(7-13-11)9(2)3/h4-5,7-9H,6H2,1-3H3/b5-4+. The summed E-state index contributed by atoms with van der Waals surface area (Å²) in [7, 11) is 0. The fraction of sp³-hybridized carbons (Fsp3) is 0.455. The molecule has 1 rings (SSSR count). The molecule has 14 heavy (non-hydrogen) atoms. The number of aromatic nitrogens is 2. The van der Waals surface area contributed by atoms with Crippen molar-refractivity contribution in [1.29, 1.82) is 0 Å². The Morgan fingerprint density at radius 1 is 1.36 bits per heavy atom. The van der Waals surface area contributed by atoms with E-state index in [0.717, 1.165) is 5.69 Å². The summed E-state index contributed by atoms with van der Waals surface area (Å²) in [5.74, 6) is 0.986. The van der Waals surface area contributed by atoms with Gasteiger partial charge in [-0.3, -0.25) is 4.98 Å². The average molecular weight is 192 g/mol. The average Bonchev–Trinajstić information content (AvgIpc) is 2.19. The quantitative estimate of drug-likeness (QED) is 0.688. The lowest BCUT2D eigenvalue weighted by molar-refractivity contribution is 0.346. The Kier molecular flexibility index (Phi) is 4.11. The van der Waals surface area contributed by atoms with Crippen LogP contribution in [0.5, 0.6) is 5.88 Å². The Hall–Kier alpha value is -1.38. The molecule has 1 aromatic rings. The Morgan fingerprint density at radius 2 is 2.14 bits per heavy atom. The summed E-state index contributed by atoms with van der Waals surface area (Å²) in [5.41, 5.74) is 0.989. The van der Waals surface area contributed by atoms with E-state index in [4.69, 9.17) is 4.74 Å². The Balaban J connectivity index is 2.55. The predicted molar refractivity (Wildman–Crippen MR) is 56.4 cm³/mol. The fourth-order valence-corrected chi connectivity index (χ4v) is 0.929. The van der Waals surface area contributed by atoms with Crippen molar-refractivity contribution in [2.45, 2.75) is 26.7 Å². The first-order valence-corrected chi connectivity index (χ1v) is 4.80. The van der Waals surface area contributed by atoms with Gasteiger partial charge in [0.1, 0.15) is 6.61 Å². The normalized spacial score (nSPS) is 11.1. The van der Waals surface area contributed by atoms with Crippen molar-refractivity contribution in [2.24, 2.45) is 0 Å². The van der Waals surface area contributed by atoms with E-state index in [-0.39, 0.29) is 0 Å². The van der Waals surface area contributed by atoms with E-state index >= 15 is 0 Å². The van der Waals surface area contributed by atoms with Crippen LogP contribution < -0.4 is 4.74 Å². The van der Waals surface area contributed by atoms with Gasteiger partial charge in [-0.15, -0.1) is 0 Å². The fourth-order valence-electron chi connectivity index (χ4n) is 0.929. The molecule has 0 atom stereocenters. The van der Waals surface area contributed by atoms with Gasteiger partial charge in [-0.2, -0.15) is 0 Å². The van der Waals surface area contributed by atoms with Gasteiger partial charge < -0.3 is 4.74 Å². The summed E-state index contributed by atoms with van der Waals surface area (Å²) >= 11 is 0. The van der Waals surface area contributed by atoms with Crippen molar-refractivity contribution in [2.75, 3.05) is 6.61 Å². The molecule has 76 valence electrons. The van der Waals surface area contributed by atoms with Crippen LogP contribution in [0.2, 0.25) is 0 Å². The van der Waals surface area contributed by atoms with Crippen LogP contribution in [0.1, 0.15) is 32.4 Å². The van der Waals surface area contributed by atoms with Crippen molar-refractivity contribution in [3.05, 3.63) is 30.2 Å². The van der Waals surface area contributed by atoms with Gasteiger partial charge in [0.25, 0.3) is 0 Å². The SMILES string of the molecule is C/C=C/COc1cnc(C(C)C)cn1. The van der Waals surface area contributed by atoms with Gasteiger partial charge in [0.05, 0.1) is 18.1 Å². The summed E-state index contributed by atoms with van der Waals surface area (Å²) < 4.78 is 5.32. The third-order valence-electron chi connectivity index (χ3n) is 1.80. The topological polar surface area (TPSA) is 35.0 Å². The van der Waals surface area contributed by atoms with Gasteiger partial charge >= 0.3 is 0 Å². The van der Waals surface area contributed by atoms with Crippen LogP contribution in [0.3, 0.4) is 0 Å².